The molecule has 2 aliphatic carbocycles. The minimum absolute atomic E-state index is 0.0344. The number of carbonyl (C=O) groups excluding carboxylic acids is 2. The molecule has 1 aliphatic heterocycles. The third-order valence-corrected chi connectivity index (χ3v) is 7.24. The van der Waals surface area contributed by atoms with E-state index in [1.807, 2.05) is 13.8 Å². The topological polar surface area (TPSA) is 72.8 Å². The summed E-state index contributed by atoms with van der Waals surface area (Å²) < 4.78 is 11.6. The normalized spacial score (nSPS) is 36.1. The summed E-state index contributed by atoms with van der Waals surface area (Å²) in [4.78, 5) is 24.5. The van der Waals surface area contributed by atoms with E-state index in [2.05, 4.69) is 32.1 Å². The Morgan fingerprint density at radius 2 is 1.97 bits per heavy atom. The molecule has 5 heteroatoms. The van der Waals surface area contributed by atoms with Gasteiger partial charge in [0.15, 0.2) is 0 Å². The molecule has 0 aromatic heterocycles. The van der Waals surface area contributed by atoms with Gasteiger partial charge in [0.25, 0.3) is 0 Å². The van der Waals surface area contributed by atoms with E-state index in [0.29, 0.717) is 24.2 Å². The molecule has 0 aromatic rings. The summed E-state index contributed by atoms with van der Waals surface area (Å²) in [6.45, 7) is 8.49. The first kappa shape index (κ1) is 23.1. The van der Waals surface area contributed by atoms with Crippen molar-refractivity contribution in [2.45, 2.75) is 91.0 Å². The van der Waals surface area contributed by atoms with E-state index in [9.17, 15) is 14.7 Å². The van der Waals surface area contributed by atoms with Gasteiger partial charge in [-0.2, -0.15) is 0 Å². The molecule has 0 amide bonds. The smallest absolute Gasteiger partial charge is 0.309 e. The molecule has 1 heterocycles. The maximum absolute atomic E-state index is 12.8. The van der Waals surface area contributed by atoms with E-state index >= 15 is 0 Å². The number of aliphatic hydroxyl groups excluding tert-OH is 1. The van der Waals surface area contributed by atoms with Gasteiger partial charge in [0.1, 0.15) is 12.2 Å². The number of carbonyl (C=O) groups is 2. The highest BCUT2D eigenvalue weighted by Crippen LogP contribution is 2.45. The van der Waals surface area contributed by atoms with Crippen LogP contribution in [0.5, 0.6) is 0 Å². The lowest BCUT2D eigenvalue weighted by Gasteiger charge is -2.43. The Labute approximate surface area is 180 Å². The summed E-state index contributed by atoms with van der Waals surface area (Å²) in [5.41, 5.74) is 1.28. The number of esters is 2. The average Bonchev–Trinajstić information content (AvgIpc) is 2.67. The van der Waals surface area contributed by atoms with Gasteiger partial charge in [-0.1, -0.05) is 45.9 Å². The van der Waals surface area contributed by atoms with Crippen LogP contribution in [0.1, 0.15) is 72.6 Å². The lowest BCUT2D eigenvalue weighted by molar-refractivity contribution is -0.162. The van der Waals surface area contributed by atoms with Gasteiger partial charge in [0.2, 0.25) is 0 Å². The van der Waals surface area contributed by atoms with Crippen LogP contribution in [0, 0.1) is 29.6 Å². The highest BCUT2D eigenvalue weighted by molar-refractivity contribution is 5.72. The quantitative estimate of drug-likeness (QED) is 0.613. The van der Waals surface area contributed by atoms with Crippen LogP contribution in [0.3, 0.4) is 0 Å². The largest absolute Gasteiger partial charge is 0.462 e. The Bertz CT molecular complexity index is 677. The van der Waals surface area contributed by atoms with Gasteiger partial charge >= 0.3 is 11.9 Å². The molecular formula is C25H38O5. The Balaban J connectivity index is 1.74. The summed E-state index contributed by atoms with van der Waals surface area (Å²) >= 11 is 0. The summed E-state index contributed by atoms with van der Waals surface area (Å²) in [6.07, 6.45) is 10.6. The molecule has 3 aliphatic rings. The molecule has 0 aromatic carbocycles. The summed E-state index contributed by atoms with van der Waals surface area (Å²) in [7, 11) is 0. The first-order valence-corrected chi connectivity index (χ1v) is 11.8. The molecule has 7 atom stereocenters. The summed E-state index contributed by atoms with van der Waals surface area (Å²) in [5.74, 6) is 0.841. The molecule has 0 bridgehead atoms. The fraction of sp³-hybridized carbons (Fsp3) is 0.760. The molecule has 5 nitrogen and oxygen atoms in total. The van der Waals surface area contributed by atoms with E-state index in [1.54, 1.807) is 0 Å². The molecule has 1 unspecified atom stereocenters. The van der Waals surface area contributed by atoms with Crippen LogP contribution in [0.15, 0.2) is 23.8 Å². The lowest BCUT2D eigenvalue weighted by atomic mass is 9.65. The van der Waals surface area contributed by atoms with E-state index in [-0.39, 0.29) is 42.4 Å². The monoisotopic (exact) mass is 418 g/mol. The minimum atomic E-state index is -0.598. The summed E-state index contributed by atoms with van der Waals surface area (Å²) in [5, 5.41) is 9.92. The van der Waals surface area contributed by atoms with Gasteiger partial charge in [0, 0.05) is 12.3 Å². The van der Waals surface area contributed by atoms with Crippen LogP contribution in [-0.4, -0.2) is 35.4 Å². The zero-order chi connectivity index (χ0) is 21.8. The van der Waals surface area contributed by atoms with Crippen LogP contribution in [0.25, 0.3) is 0 Å². The van der Waals surface area contributed by atoms with Crippen LogP contribution >= 0.6 is 0 Å². The zero-order valence-electron chi connectivity index (χ0n) is 18.9. The molecule has 1 N–H and O–H groups in total. The van der Waals surface area contributed by atoms with E-state index in [0.717, 1.165) is 32.1 Å². The predicted molar refractivity (Wildman–Crippen MR) is 115 cm³/mol. The Morgan fingerprint density at radius 1 is 1.23 bits per heavy atom. The van der Waals surface area contributed by atoms with Crippen molar-refractivity contribution in [2.24, 2.45) is 29.6 Å². The van der Waals surface area contributed by atoms with Crippen molar-refractivity contribution >= 4 is 11.9 Å². The molecule has 0 radical (unpaired) electrons. The number of ether oxygens (including phenoxy) is 2. The molecule has 168 valence electrons. The molecule has 3 rings (SSSR count). The van der Waals surface area contributed by atoms with E-state index < -0.39 is 6.10 Å². The average molecular weight is 419 g/mol. The number of hydrogen-bond donors (Lipinski definition) is 1. The third kappa shape index (κ3) is 5.35. The van der Waals surface area contributed by atoms with E-state index in [4.69, 9.17) is 9.47 Å². The highest BCUT2D eigenvalue weighted by Gasteiger charge is 2.42. The number of cyclic esters (lactones) is 1. The fourth-order valence-electron chi connectivity index (χ4n) is 5.51. The van der Waals surface area contributed by atoms with Gasteiger partial charge < -0.3 is 14.6 Å². The minimum Gasteiger partial charge on any atom is -0.462 e. The molecule has 30 heavy (non-hydrogen) atoms. The van der Waals surface area contributed by atoms with Gasteiger partial charge in [-0.25, -0.2) is 0 Å². The van der Waals surface area contributed by atoms with Gasteiger partial charge in [-0.05, 0) is 55.4 Å². The summed E-state index contributed by atoms with van der Waals surface area (Å²) in [6, 6.07) is 0. The zero-order valence-corrected chi connectivity index (χ0v) is 18.9. The molecular weight excluding hydrogens is 380 g/mol. The van der Waals surface area contributed by atoms with Crippen molar-refractivity contribution < 1.29 is 24.2 Å². The fourth-order valence-corrected chi connectivity index (χ4v) is 5.51. The number of fused-ring (bicyclic) bond motifs is 1. The first-order valence-electron chi connectivity index (χ1n) is 11.8. The van der Waals surface area contributed by atoms with Crippen molar-refractivity contribution in [1.82, 2.24) is 0 Å². The number of aliphatic hydroxyl groups is 1. The second-order valence-electron chi connectivity index (χ2n) is 9.56. The van der Waals surface area contributed by atoms with Crippen LogP contribution < -0.4 is 0 Å². The van der Waals surface area contributed by atoms with Crippen LogP contribution in [0.4, 0.5) is 0 Å². The standard InChI is InChI=1S/C25H38O5/c1-5-17(6-2)25(28)30-22-12-15(3)11-18-8-7-16(4)21(24(18)22)10-9-20-13-19(26)14-23(27)29-20/h7-8,11,15-17,19-22,24,26H,5-6,9-10,12-14H2,1-4H3/t15-,16-,19+,20+,21-,22-,24?/m0/s1. The van der Waals surface area contributed by atoms with Crippen molar-refractivity contribution in [3.8, 4) is 0 Å². The Hall–Kier alpha value is -1.62. The predicted octanol–water partition coefficient (Wildman–Crippen LogP) is 4.59. The molecule has 1 fully saturated rings. The van der Waals surface area contributed by atoms with Crippen molar-refractivity contribution in [3.05, 3.63) is 23.8 Å². The van der Waals surface area contributed by atoms with Crippen LogP contribution in [0.2, 0.25) is 0 Å². The highest BCUT2D eigenvalue weighted by atomic mass is 16.5. The number of hydrogen-bond acceptors (Lipinski definition) is 5. The Morgan fingerprint density at radius 3 is 2.63 bits per heavy atom. The van der Waals surface area contributed by atoms with Crippen LogP contribution in [-0.2, 0) is 19.1 Å². The maximum atomic E-state index is 12.8. The second-order valence-corrected chi connectivity index (χ2v) is 9.56. The van der Waals surface area contributed by atoms with Crippen molar-refractivity contribution in [2.75, 3.05) is 0 Å². The lowest BCUT2D eigenvalue weighted by Crippen LogP contribution is -2.42. The first-order chi connectivity index (χ1) is 14.3. The van der Waals surface area contributed by atoms with Gasteiger partial charge in [-0.15, -0.1) is 0 Å². The SMILES string of the molecule is CCC(CC)C(=O)O[C@H]1C[C@@H](C)C=C2C=C[C@H](C)[C@H](CC[C@@H]3C[C@@H](O)CC(=O)O3)C21. The number of rotatable bonds is 7. The Kier molecular flexibility index (Phi) is 7.78. The molecule has 1 saturated heterocycles. The second kappa shape index (κ2) is 10.1. The van der Waals surface area contributed by atoms with Crippen molar-refractivity contribution in [1.29, 1.82) is 0 Å². The third-order valence-electron chi connectivity index (χ3n) is 7.24. The van der Waals surface area contributed by atoms with Gasteiger partial charge in [-0.3, -0.25) is 9.59 Å². The molecule has 0 saturated carbocycles. The van der Waals surface area contributed by atoms with E-state index in [1.165, 1.54) is 5.57 Å². The molecule has 0 spiro atoms. The maximum Gasteiger partial charge on any atom is 0.309 e. The van der Waals surface area contributed by atoms with Gasteiger partial charge in [0.05, 0.1) is 18.4 Å². The number of allylic oxidation sites excluding steroid dienone is 3. The van der Waals surface area contributed by atoms with Crippen molar-refractivity contribution in [3.63, 3.8) is 0 Å².